The zero-order valence-corrected chi connectivity index (χ0v) is 11.4. The molecule has 0 saturated heterocycles. The number of anilines is 1. The molecule has 0 fully saturated rings. The molecule has 1 aromatic rings. The van der Waals surface area contributed by atoms with Gasteiger partial charge in [0.2, 0.25) is 5.91 Å². The second-order valence-electron chi connectivity index (χ2n) is 3.69. The highest BCUT2D eigenvalue weighted by atomic mass is 35.5. The van der Waals surface area contributed by atoms with Crippen LogP contribution in [0.4, 0.5) is 5.69 Å². The summed E-state index contributed by atoms with van der Waals surface area (Å²) in [7, 11) is 0. The van der Waals surface area contributed by atoms with E-state index in [9.17, 15) is 9.59 Å². The van der Waals surface area contributed by atoms with E-state index in [2.05, 4.69) is 5.32 Å². The molecule has 0 unspecified atom stereocenters. The lowest BCUT2D eigenvalue weighted by Gasteiger charge is -2.04. The topological polar surface area (TPSA) is 55.4 Å². The standard InChI is InChI=1S/C14H16ClNO3/c1-2-19-14(18)8-5-11-3-6-12(7-4-11)16-13(17)9-10-15/h3-8H,2,9-10H2,1H3,(H,16,17). The minimum atomic E-state index is -0.373. The molecule has 0 spiro atoms. The van der Waals surface area contributed by atoms with Crippen molar-refractivity contribution in [1.29, 1.82) is 0 Å². The Morgan fingerprint density at radius 1 is 1.32 bits per heavy atom. The van der Waals surface area contributed by atoms with E-state index in [-0.39, 0.29) is 18.3 Å². The van der Waals surface area contributed by atoms with Gasteiger partial charge in [-0.25, -0.2) is 4.79 Å². The molecule has 102 valence electrons. The molecule has 0 saturated carbocycles. The van der Waals surface area contributed by atoms with E-state index in [0.717, 1.165) is 5.56 Å². The summed E-state index contributed by atoms with van der Waals surface area (Å²) < 4.78 is 4.77. The molecule has 5 heteroatoms. The first kappa shape index (κ1) is 15.2. The van der Waals surface area contributed by atoms with Crippen LogP contribution in [0, 0.1) is 0 Å². The molecular weight excluding hydrogens is 266 g/mol. The SMILES string of the molecule is CCOC(=O)C=Cc1ccc(NC(=O)CCCl)cc1. The zero-order chi connectivity index (χ0) is 14.1. The van der Waals surface area contributed by atoms with Gasteiger partial charge in [0.25, 0.3) is 0 Å². The Morgan fingerprint density at radius 3 is 2.58 bits per heavy atom. The van der Waals surface area contributed by atoms with Gasteiger partial charge in [-0.1, -0.05) is 12.1 Å². The third kappa shape index (κ3) is 6.06. The summed E-state index contributed by atoms with van der Waals surface area (Å²) in [6.45, 7) is 2.11. The van der Waals surface area contributed by atoms with E-state index in [4.69, 9.17) is 16.3 Å². The first-order valence-electron chi connectivity index (χ1n) is 5.96. The summed E-state index contributed by atoms with van der Waals surface area (Å²) in [5, 5.41) is 2.72. The lowest BCUT2D eigenvalue weighted by atomic mass is 10.2. The van der Waals surface area contributed by atoms with Crippen LogP contribution in [0.15, 0.2) is 30.3 Å². The van der Waals surface area contributed by atoms with Crippen LogP contribution < -0.4 is 5.32 Å². The van der Waals surface area contributed by atoms with Crippen LogP contribution in [0.2, 0.25) is 0 Å². The van der Waals surface area contributed by atoms with Gasteiger partial charge in [0.1, 0.15) is 0 Å². The summed E-state index contributed by atoms with van der Waals surface area (Å²) in [6, 6.07) is 7.12. The predicted molar refractivity (Wildman–Crippen MR) is 76.1 cm³/mol. The smallest absolute Gasteiger partial charge is 0.330 e. The van der Waals surface area contributed by atoms with Crippen molar-refractivity contribution in [2.75, 3.05) is 17.8 Å². The van der Waals surface area contributed by atoms with E-state index >= 15 is 0 Å². The maximum absolute atomic E-state index is 11.3. The molecule has 19 heavy (non-hydrogen) atoms. The second kappa shape index (κ2) is 8.32. The fourth-order valence-electron chi connectivity index (χ4n) is 1.34. The Bertz CT molecular complexity index is 454. The van der Waals surface area contributed by atoms with Crippen molar-refractivity contribution < 1.29 is 14.3 Å². The summed E-state index contributed by atoms with van der Waals surface area (Å²) in [5.74, 6) is -0.196. The minimum absolute atomic E-state index is 0.121. The number of halogens is 1. The van der Waals surface area contributed by atoms with Gasteiger partial charge in [-0.3, -0.25) is 4.79 Å². The van der Waals surface area contributed by atoms with Crippen LogP contribution in [0.25, 0.3) is 6.08 Å². The molecule has 0 aromatic heterocycles. The van der Waals surface area contributed by atoms with Crippen molar-refractivity contribution in [3.8, 4) is 0 Å². The van der Waals surface area contributed by atoms with Gasteiger partial charge in [0.05, 0.1) is 6.61 Å². The number of ether oxygens (including phenoxy) is 1. The number of carbonyl (C=O) groups excluding carboxylic acids is 2. The molecule has 4 nitrogen and oxygen atoms in total. The van der Waals surface area contributed by atoms with E-state index in [1.165, 1.54) is 6.08 Å². The van der Waals surface area contributed by atoms with Gasteiger partial charge in [-0.05, 0) is 30.7 Å². The largest absolute Gasteiger partial charge is 0.463 e. The van der Waals surface area contributed by atoms with Crippen molar-refractivity contribution in [3.05, 3.63) is 35.9 Å². The molecule has 0 radical (unpaired) electrons. The number of esters is 1. The van der Waals surface area contributed by atoms with Gasteiger partial charge < -0.3 is 10.1 Å². The van der Waals surface area contributed by atoms with Crippen LogP contribution in [0.3, 0.4) is 0 Å². The fourth-order valence-corrected chi connectivity index (χ4v) is 1.51. The molecule has 1 N–H and O–H groups in total. The van der Waals surface area contributed by atoms with Crippen molar-refractivity contribution >= 4 is 35.2 Å². The van der Waals surface area contributed by atoms with Crippen LogP contribution in [-0.4, -0.2) is 24.4 Å². The zero-order valence-electron chi connectivity index (χ0n) is 10.7. The number of nitrogens with one attached hydrogen (secondary N) is 1. The van der Waals surface area contributed by atoms with Crippen molar-refractivity contribution in [1.82, 2.24) is 0 Å². The minimum Gasteiger partial charge on any atom is -0.463 e. The lowest BCUT2D eigenvalue weighted by Crippen LogP contribution is -2.11. The van der Waals surface area contributed by atoms with Crippen LogP contribution in [0.5, 0.6) is 0 Å². The van der Waals surface area contributed by atoms with Gasteiger partial charge in [0, 0.05) is 24.1 Å². The number of hydrogen-bond donors (Lipinski definition) is 1. The number of hydrogen-bond acceptors (Lipinski definition) is 3. The van der Waals surface area contributed by atoms with E-state index in [1.54, 1.807) is 37.3 Å². The van der Waals surface area contributed by atoms with Crippen molar-refractivity contribution in [3.63, 3.8) is 0 Å². The molecule has 1 amide bonds. The van der Waals surface area contributed by atoms with Crippen LogP contribution in [0.1, 0.15) is 18.9 Å². The normalized spacial score (nSPS) is 10.4. The molecule has 0 bridgehead atoms. The summed E-state index contributed by atoms with van der Waals surface area (Å²) in [4.78, 5) is 22.4. The van der Waals surface area contributed by atoms with Gasteiger partial charge >= 0.3 is 5.97 Å². The maximum atomic E-state index is 11.3. The molecule has 0 atom stereocenters. The van der Waals surface area contributed by atoms with Crippen molar-refractivity contribution in [2.24, 2.45) is 0 Å². The number of alkyl halides is 1. The Morgan fingerprint density at radius 2 is 2.00 bits per heavy atom. The third-order valence-electron chi connectivity index (χ3n) is 2.21. The van der Waals surface area contributed by atoms with E-state index in [1.807, 2.05) is 0 Å². The van der Waals surface area contributed by atoms with E-state index < -0.39 is 0 Å². The quantitative estimate of drug-likeness (QED) is 0.495. The van der Waals surface area contributed by atoms with Gasteiger partial charge in [0.15, 0.2) is 0 Å². The van der Waals surface area contributed by atoms with Crippen molar-refractivity contribution in [2.45, 2.75) is 13.3 Å². The summed E-state index contributed by atoms with van der Waals surface area (Å²) in [5.41, 5.74) is 1.55. The maximum Gasteiger partial charge on any atom is 0.330 e. The number of benzene rings is 1. The third-order valence-corrected chi connectivity index (χ3v) is 2.40. The highest BCUT2D eigenvalue weighted by Crippen LogP contribution is 2.11. The van der Waals surface area contributed by atoms with Gasteiger partial charge in [-0.2, -0.15) is 0 Å². The summed E-state index contributed by atoms with van der Waals surface area (Å²) >= 11 is 5.47. The molecule has 0 aliphatic heterocycles. The fraction of sp³-hybridized carbons (Fsp3) is 0.286. The summed E-state index contributed by atoms with van der Waals surface area (Å²) in [6.07, 6.45) is 3.30. The molecule has 1 rings (SSSR count). The number of carbonyl (C=O) groups is 2. The number of rotatable bonds is 6. The van der Waals surface area contributed by atoms with Crippen LogP contribution in [-0.2, 0) is 14.3 Å². The monoisotopic (exact) mass is 281 g/mol. The molecule has 1 aromatic carbocycles. The second-order valence-corrected chi connectivity index (χ2v) is 4.07. The average molecular weight is 282 g/mol. The Balaban J connectivity index is 2.56. The Kier molecular flexibility index (Phi) is 6.68. The lowest BCUT2D eigenvalue weighted by molar-refractivity contribution is -0.137. The number of amides is 1. The molecule has 0 heterocycles. The van der Waals surface area contributed by atoms with Gasteiger partial charge in [-0.15, -0.1) is 11.6 Å². The van der Waals surface area contributed by atoms with Crippen LogP contribution >= 0.6 is 11.6 Å². The Hall–Kier alpha value is -1.81. The Labute approximate surface area is 117 Å². The highest BCUT2D eigenvalue weighted by molar-refractivity contribution is 6.19. The molecular formula is C14H16ClNO3. The first-order chi connectivity index (χ1) is 9.15. The first-order valence-corrected chi connectivity index (χ1v) is 6.50. The van der Waals surface area contributed by atoms with E-state index in [0.29, 0.717) is 18.2 Å². The molecule has 0 aliphatic carbocycles. The molecule has 0 aliphatic rings. The average Bonchev–Trinajstić information content (AvgIpc) is 2.38. The highest BCUT2D eigenvalue weighted by Gasteiger charge is 2.00. The predicted octanol–water partition coefficient (Wildman–Crippen LogP) is 2.83.